The summed E-state index contributed by atoms with van der Waals surface area (Å²) in [6.07, 6.45) is 0. The van der Waals surface area contributed by atoms with Gasteiger partial charge >= 0.3 is 5.97 Å². The highest BCUT2D eigenvalue weighted by molar-refractivity contribution is 5.88. The molecule has 2 N–H and O–H groups in total. The van der Waals surface area contributed by atoms with Gasteiger partial charge in [0.1, 0.15) is 0 Å². The SMILES string of the molecule is Cc1cc(C(=O)O)ccc1NCCOCC(C)C. The zero-order valence-corrected chi connectivity index (χ0v) is 11.2. The van der Waals surface area contributed by atoms with Gasteiger partial charge in [-0.25, -0.2) is 4.79 Å². The number of carboxylic acid groups (broad SMARTS) is 1. The molecule has 18 heavy (non-hydrogen) atoms. The lowest BCUT2D eigenvalue weighted by Crippen LogP contribution is -2.12. The third-order valence-electron chi connectivity index (χ3n) is 2.49. The van der Waals surface area contributed by atoms with E-state index in [9.17, 15) is 4.79 Å². The van der Waals surface area contributed by atoms with Gasteiger partial charge in [-0.2, -0.15) is 0 Å². The number of aromatic carboxylic acids is 1. The lowest BCUT2D eigenvalue weighted by molar-refractivity contribution is 0.0697. The molecule has 0 heterocycles. The molecule has 0 radical (unpaired) electrons. The average Bonchev–Trinajstić information content (AvgIpc) is 2.29. The van der Waals surface area contributed by atoms with Crippen molar-refractivity contribution in [1.82, 2.24) is 0 Å². The van der Waals surface area contributed by atoms with Crippen molar-refractivity contribution < 1.29 is 14.6 Å². The number of hydrogen-bond acceptors (Lipinski definition) is 3. The molecule has 0 aliphatic heterocycles. The Labute approximate surface area is 108 Å². The van der Waals surface area contributed by atoms with Gasteiger partial charge in [-0.3, -0.25) is 0 Å². The number of anilines is 1. The Morgan fingerprint density at radius 2 is 2.17 bits per heavy atom. The maximum absolute atomic E-state index is 10.8. The Kier molecular flexibility index (Phi) is 5.65. The van der Waals surface area contributed by atoms with Crippen LogP contribution in [-0.2, 0) is 4.74 Å². The first-order valence-corrected chi connectivity index (χ1v) is 6.16. The van der Waals surface area contributed by atoms with Crippen LogP contribution in [0.3, 0.4) is 0 Å². The molecule has 0 unspecified atom stereocenters. The van der Waals surface area contributed by atoms with Gasteiger partial charge in [0.05, 0.1) is 12.2 Å². The maximum Gasteiger partial charge on any atom is 0.335 e. The highest BCUT2D eigenvalue weighted by Crippen LogP contribution is 2.16. The van der Waals surface area contributed by atoms with Gasteiger partial charge in [0, 0.05) is 18.8 Å². The Morgan fingerprint density at radius 3 is 2.72 bits per heavy atom. The summed E-state index contributed by atoms with van der Waals surface area (Å²) in [5.74, 6) is -0.355. The van der Waals surface area contributed by atoms with E-state index in [4.69, 9.17) is 9.84 Å². The molecule has 1 aromatic rings. The maximum atomic E-state index is 10.8. The van der Waals surface area contributed by atoms with Gasteiger partial charge in [-0.1, -0.05) is 13.8 Å². The van der Waals surface area contributed by atoms with Crippen molar-refractivity contribution in [2.75, 3.05) is 25.1 Å². The van der Waals surface area contributed by atoms with Crippen molar-refractivity contribution in [3.05, 3.63) is 29.3 Å². The van der Waals surface area contributed by atoms with Crippen LogP contribution in [0.15, 0.2) is 18.2 Å². The lowest BCUT2D eigenvalue weighted by Gasteiger charge is -2.11. The van der Waals surface area contributed by atoms with Crippen LogP contribution in [0.1, 0.15) is 29.8 Å². The van der Waals surface area contributed by atoms with Gasteiger partial charge in [0.2, 0.25) is 0 Å². The van der Waals surface area contributed by atoms with Crippen molar-refractivity contribution >= 4 is 11.7 Å². The van der Waals surface area contributed by atoms with Crippen LogP contribution in [0.25, 0.3) is 0 Å². The number of benzene rings is 1. The molecule has 4 nitrogen and oxygen atoms in total. The number of rotatable bonds is 7. The second-order valence-corrected chi connectivity index (χ2v) is 4.73. The Balaban J connectivity index is 2.41. The molecule has 100 valence electrons. The molecule has 0 fully saturated rings. The van der Waals surface area contributed by atoms with Crippen LogP contribution in [0.5, 0.6) is 0 Å². The number of carboxylic acids is 1. The average molecular weight is 251 g/mol. The third kappa shape index (κ3) is 4.75. The van der Waals surface area contributed by atoms with Crippen molar-refractivity contribution in [1.29, 1.82) is 0 Å². The van der Waals surface area contributed by atoms with Gasteiger partial charge in [0.25, 0.3) is 0 Å². The number of carbonyl (C=O) groups is 1. The highest BCUT2D eigenvalue weighted by atomic mass is 16.5. The Morgan fingerprint density at radius 1 is 1.44 bits per heavy atom. The molecule has 0 bridgehead atoms. The van der Waals surface area contributed by atoms with Crippen LogP contribution in [0.2, 0.25) is 0 Å². The predicted molar refractivity (Wildman–Crippen MR) is 72.3 cm³/mol. The van der Waals surface area contributed by atoms with E-state index in [2.05, 4.69) is 19.2 Å². The first-order chi connectivity index (χ1) is 8.50. The van der Waals surface area contributed by atoms with Crippen LogP contribution in [0.4, 0.5) is 5.69 Å². The molecular formula is C14H21NO3. The molecule has 0 aliphatic rings. The van der Waals surface area contributed by atoms with Crippen LogP contribution in [-0.4, -0.2) is 30.8 Å². The largest absolute Gasteiger partial charge is 0.478 e. The van der Waals surface area contributed by atoms with Gasteiger partial charge in [-0.15, -0.1) is 0 Å². The quantitative estimate of drug-likeness (QED) is 0.732. The summed E-state index contributed by atoms with van der Waals surface area (Å²) < 4.78 is 5.46. The van der Waals surface area contributed by atoms with Crippen molar-refractivity contribution in [3.63, 3.8) is 0 Å². The fraction of sp³-hybridized carbons (Fsp3) is 0.500. The molecule has 1 aromatic carbocycles. The number of nitrogens with one attached hydrogen (secondary N) is 1. The number of hydrogen-bond donors (Lipinski definition) is 2. The van der Waals surface area contributed by atoms with Crippen LogP contribution < -0.4 is 5.32 Å². The smallest absolute Gasteiger partial charge is 0.335 e. The van der Waals surface area contributed by atoms with E-state index >= 15 is 0 Å². The molecule has 0 amide bonds. The highest BCUT2D eigenvalue weighted by Gasteiger charge is 2.05. The fourth-order valence-corrected chi connectivity index (χ4v) is 1.57. The second-order valence-electron chi connectivity index (χ2n) is 4.73. The minimum Gasteiger partial charge on any atom is -0.478 e. The van der Waals surface area contributed by atoms with Crippen molar-refractivity contribution in [2.24, 2.45) is 5.92 Å². The summed E-state index contributed by atoms with van der Waals surface area (Å²) >= 11 is 0. The predicted octanol–water partition coefficient (Wildman–Crippen LogP) is 2.78. The minimum absolute atomic E-state index is 0.314. The first-order valence-electron chi connectivity index (χ1n) is 6.16. The first kappa shape index (κ1) is 14.5. The van der Waals surface area contributed by atoms with Crippen LogP contribution >= 0.6 is 0 Å². The minimum atomic E-state index is -0.898. The Bertz CT molecular complexity index is 402. The third-order valence-corrected chi connectivity index (χ3v) is 2.49. The molecule has 0 saturated carbocycles. The monoisotopic (exact) mass is 251 g/mol. The fourth-order valence-electron chi connectivity index (χ4n) is 1.57. The van der Waals surface area contributed by atoms with E-state index in [1.54, 1.807) is 18.2 Å². The van der Waals surface area contributed by atoms with Crippen molar-refractivity contribution in [2.45, 2.75) is 20.8 Å². The van der Waals surface area contributed by atoms with Crippen molar-refractivity contribution in [3.8, 4) is 0 Å². The van der Waals surface area contributed by atoms with E-state index in [0.29, 0.717) is 18.1 Å². The zero-order chi connectivity index (χ0) is 13.5. The summed E-state index contributed by atoms with van der Waals surface area (Å²) in [6.45, 7) is 8.26. The molecule has 0 saturated heterocycles. The van der Waals surface area contributed by atoms with E-state index in [1.165, 1.54) is 0 Å². The molecular weight excluding hydrogens is 230 g/mol. The van der Waals surface area contributed by atoms with Gasteiger partial charge in [0.15, 0.2) is 0 Å². The molecule has 0 spiro atoms. The normalized spacial score (nSPS) is 10.7. The summed E-state index contributed by atoms with van der Waals surface area (Å²) in [4.78, 5) is 10.8. The van der Waals surface area contributed by atoms with E-state index in [-0.39, 0.29) is 0 Å². The van der Waals surface area contributed by atoms with E-state index < -0.39 is 5.97 Å². The standard InChI is InChI=1S/C14H21NO3/c1-10(2)9-18-7-6-15-13-5-4-12(14(16)17)8-11(13)3/h4-5,8,10,15H,6-7,9H2,1-3H3,(H,16,17). The molecule has 4 heteroatoms. The second kappa shape index (κ2) is 7.01. The Hall–Kier alpha value is -1.55. The lowest BCUT2D eigenvalue weighted by atomic mass is 10.1. The van der Waals surface area contributed by atoms with Gasteiger partial charge in [-0.05, 0) is 36.6 Å². The van der Waals surface area contributed by atoms with Crippen LogP contribution in [0, 0.1) is 12.8 Å². The van der Waals surface area contributed by atoms with E-state index in [1.807, 2.05) is 6.92 Å². The summed E-state index contributed by atoms with van der Waals surface area (Å²) in [7, 11) is 0. The summed E-state index contributed by atoms with van der Waals surface area (Å²) in [5, 5.41) is 12.1. The molecule has 0 aromatic heterocycles. The molecule has 0 aliphatic carbocycles. The van der Waals surface area contributed by atoms with E-state index in [0.717, 1.165) is 24.4 Å². The number of aryl methyl sites for hydroxylation is 1. The molecule has 0 atom stereocenters. The van der Waals surface area contributed by atoms with Gasteiger partial charge < -0.3 is 15.2 Å². The zero-order valence-electron chi connectivity index (χ0n) is 11.2. The molecule has 1 rings (SSSR count). The summed E-state index contributed by atoms with van der Waals surface area (Å²) in [6, 6.07) is 5.06. The summed E-state index contributed by atoms with van der Waals surface area (Å²) in [5.41, 5.74) is 2.20. The topological polar surface area (TPSA) is 58.6 Å². The number of ether oxygens (including phenoxy) is 1.